The van der Waals surface area contributed by atoms with E-state index >= 15 is 0 Å². The number of hydrogen-bond donors (Lipinski definition) is 2. The van der Waals surface area contributed by atoms with Gasteiger partial charge in [-0.2, -0.15) is 0 Å². The van der Waals surface area contributed by atoms with Crippen LogP contribution in [0.25, 0.3) is 0 Å². The number of rotatable bonds is 4. The molecule has 0 aliphatic heterocycles. The summed E-state index contributed by atoms with van der Waals surface area (Å²) in [5.74, 6) is 0.717. The second-order valence-electron chi connectivity index (χ2n) is 4.92. The molecule has 0 heterocycles. The molecule has 0 spiro atoms. The van der Waals surface area contributed by atoms with Gasteiger partial charge in [-0.15, -0.1) is 0 Å². The van der Waals surface area contributed by atoms with Gasteiger partial charge in [-0.25, -0.2) is 0 Å². The van der Waals surface area contributed by atoms with Crippen molar-refractivity contribution in [3.8, 4) is 0 Å². The highest BCUT2D eigenvalue weighted by Gasteiger charge is 2.12. The monoisotopic (exact) mass is 172 g/mol. The molecular weight excluding hydrogens is 148 g/mol. The maximum Gasteiger partial charge on any atom is 0.0546 e. The number of nitrogens with one attached hydrogen (secondary N) is 2. The minimum absolute atomic E-state index is 0.198. The first kappa shape index (κ1) is 11.9. The van der Waals surface area contributed by atoms with Gasteiger partial charge in [0.25, 0.3) is 0 Å². The Balaban J connectivity index is 3.53. The molecule has 12 heavy (non-hydrogen) atoms. The van der Waals surface area contributed by atoms with E-state index in [1.54, 1.807) is 0 Å². The summed E-state index contributed by atoms with van der Waals surface area (Å²) in [4.78, 5) is 0. The van der Waals surface area contributed by atoms with Gasteiger partial charge in [0.1, 0.15) is 0 Å². The average Bonchev–Trinajstić information content (AvgIpc) is 1.79. The standard InChI is InChI=1S/C10H24N2/c1-8(2)7-11-9(3)12-10(4,5)6/h8-9,11-12H,7H2,1-6H3. The maximum atomic E-state index is 3.46. The van der Waals surface area contributed by atoms with Crippen molar-refractivity contribution >= 4 is 0 Å². The van der Waals surface area contributed by atoms with Crippen molar-refractivity contribution in [1.82, 2.24) is 10.6 Å². The Labute approximate surface area is 77.1 Å². The van der Waals surface area contributed by atoms with Crippen LogP contribution < -0.4 is 10.6 Å². The minimum Gasteiger partial charge on any atom is -0.302 e. The summed E-state index contributed by atoms with van der Waals surface area (Å²) in [5.41, 5.74) is 0.198. The smallest absolute Gasteiger partial charge is 0.0546 e. The van der Waals surface area contributed by atoms with Gasteiger partial charge in [-0.1, -0.05) is 13.8 Å². The largest absolute Gasteiger partial charge is 0.302 e. The Hall–Kier alpha value is -0.0800. The van der Waals surface area contributed by atoms with Crippen LogP contribution in [0.5, 0.6) is 0 Å². The maximum absolute atomic E-state index is 3.46. The molecule has 2 heteroatoms. The van der Waals surface area contributed by atoms with E-state index in [1.807, 2.05) is 0 Å². The molecule has 74 valence electrons. The van der Waals surface area contributed by atoms with Gasteiger partial charge in [-0.3, -0.25) is 5.32 Å². The van der Waals surface area contributed by atoms with Crippen LogP contribution in [-0.2, 0) is 0 Å². The highest BCUT2D eigenvalue weighted by Crippen LogP contribution is 1.99. The fraction of sp³-hybridized carbons (Fsp3) is 1.00. The van der Waals surface area contributed by atoms with Crippen molar-refractivity contribution < 1.29 is 0 Å². The molecule has 1 unspecified atom stereocenters. The molecule has 0 aromatic heterocycles. The zero-order chi connectivity index (χ0) is 9.78. The first-order valence-electron chi connectivity index (χ1n) is 4.82. The highest BCUT2D eigenvalue weighted by molar-refractivity contribution is 4.73. The van der Waals surface area contributed by atoms with E-state index in [1.165, 1.54) is 0 Å². The van der Waals surface area contributed by atoms with Crippen LogP contribution in [0.4, 0.5) is 0 Å². The topological polar surface area (TPSA) is 24.1 Å². The third-order valence-corrected chi connectivity index (χ3v) is 1.48. The van der Waals surface area contributed by atoms with Gasteiger partial charge in [0, 0.05) is 5.54 Å². The SMILES string of the molecule is CC(C)CNC(C)NC(C)(C)C. The predicted octanol–water partition coefficient (Wildman–Crippen LogP) is 1.97. The van der Waals surface area contributed by atoms with Crippen molar-refractivity contribution in [3.63, 3.8) is 0 Å². The Morgan fingerprint density at radius 3 is 1.92 bits per heavy atom. The summed E-state index contributed by atoms with van der Waals surface area (Å²) in [6.45, 7) is 14.2. The molecule has 0 radical (unpaired) electrons. The predicted molar refractivity (Wildman–Crippen MR) is 55.2 cm³/mol. The zero-order valence-corrected chi connectivity index (χ0v) is 9.36. The summed E-state index contributed by atoms with van der Waals surface area (Å²) in [5, 5.41) is 6.89. The molecule has 0 amide bonds. The molecule has 1 atom stereocenters. The van der Waals surface area contributed by atoms with Crippen LogP contribution in [-0.4, -0.2) is 18.2 Å². The molecule has 2 N–H and O–H groups in total. The quantitative estimate of drug-likeness (QED) is 0.634. The van der Waals surface area contributed by atoms with Crippen LogP contribution in [0.3, 0.4) is 0 Å². The van der Waals surface area contributed by atoms with Gasteiger partial charge >= 0.3 is 0 Å². The van der Waals surface area contributed by atoms with Crippen LogP contribution in [0.15, 0.2) is 0 Å². The Kier molecular flexibility index (Phi) is 4.80. The summed E-state index contributed by atoms with van der Waals surface area (Å²) < 4.78 is 0. The van der Waals surface area contributed by atoms with Gasteiger partial charge in [0.15, 0.2) is 0 Å². The minimum atomic E-state index is 0.198. The molecule has 0 aromatic rings. The molecular formula is C10H24N2. The zero-order valence-electron chi connectivity index (χ0n) is 9.36. The third kappa shape index (κ3) is 8.02. The van der Waals surface area contributed by atoms with Crippen molar-refractivity contribution in [1.29, 1.82) is 0 Å². The van der Waals surface area contributed by atoms with Crippen molar-refractivity contribution in [2.75, 3.05) is 6.54 Å². The van der Waals surface area contributed by atoms with Crippen molar-refractivity contribution in [2.24, 2.45) is 5.92 Å². The lowest BCUT2D eigenvalue weighted by Crippen LogP contribution is -2.50. The fourth-order valence-corrected chi connectivity index (χ4v) is 1.11. The summed E-state index contributed by atoms with van der Waals surface area (Å²) in [7, 11) is 0. The fourth-order valence-electron chi connectivity index (χ4n) is 1.11. The Morgan fingerprint density at radius 1 is 1.08 bits per heavy atom. The van der Waals surface area contributed by atoms with Gasteiger partial charge in [0.2, 0.25) is 0 Å². The van der Waals surface area contributed by atoms with Crippen LogP contribution >= 0.6 is 0 Å². The second kappa shape index (κ2) is 4.83. The average molecular weight is 172 g/mol. The second-order valence-corrected chi connectivity index (χ2v) is 4.92. The lowest BCUT2D eigenvalue weighted by molar-refractivity contribution is 0.324. The van der Waals surface area contributed by atoms with E-state index in [9.17, 15) is 0 Å². The molecule has 0 fully saturated rings. The molecule has 0 saturated carbocycles. The summed E-state index contributed by atoms with van der Waals surface area (Å²) in [6.07, 6.45) is 0.396. The van der Waals surface area contributed by atoms with Crippen LogP contribution in [0, 0.1) is 5.92 Å². The molecule has 0 aliphatic rings. The molecule has 0 saturated heterocycles. The molecule has 0 aliphatic carbocycles. The van der Waals surface area contributed by atoms with Crippen LogP contribution in [0.2, 0.25) is 0 Å². The molecule has 0 aromatic carbocycles. The molecule has 0 bridgehead atoms. The van der Waals surface area contributed by atoms with Gasteiger partial charge < -0.3 is 5.32 Å². The Bertz CT molecular complexity index is 113. The molecule has 0 rings (SSSR count). The van der Waals surface area contributed by atoms with Gasteiger partial charge in [0.05, 0.1) is 6.17 Å². The normalized spacial score (nSPS) is 15.2. The van der Waals surface area contributed by atoms with E-state index in [4.69, 9.17) is 0 Å². The highest BCUT2D eigenvalue weighted by atomic mass is 15.1. The lowest BCUT2D eigenvalue weighted by atomic mass is 10.1. The van der Waals surface area contributed by atoms with Gasteiger partial charge in [-0.05, 0) is 40.2 Å². The first-order chi connectivity index (χ1) is 5.31. The Morgan fingerprint density at radius 2 is 1.58 bits per heavy atom. The van der Waals surface area contributed by atoms with E-state index < -0.39 is 0 Å². The number of hydrogen-bond acceptors (Lipinski definition) is 2. The lowest BCUT2D eigenvalue weighted by Gasteiger charge is -2.27. The summed E-state index contributed by atoms with van der Waals surface area (Å²) in [6, 6.07) is 0. The summed E-state index contributed by atoms with van der Waals surface area (Å²) >= 11 is 0. The van der Waals surface area contributed by atoms with E-state index in [2.05, 4.69) is 52.2 Å². The van der Waals surface area contributed by atoms with E-state index in [0.717, 1.165) is 6.54 Å². The van der Waals surface area contributed by atoms with Crippen molar-refractivity contribution in [2.45, 2.75) is 53.2 Å². The third-order valence-electron chi connectivity index (χ3n) is 1.48. The van der Waals surface area contributed by atoms with E-state index in [-0.39, 0.29) is 5.54 Å². The van der Waals surface area contributed by atoms with E-state index in [0.29, 0.717) is 12.1 Å². The first-order valence-corrected chi connectivity index (χ1v) is 4.82. The molecule has 2 nitrogen and oxygen atoms in total. The van der Waals surface area contributed by atoms with Crippen molar-refractivity contribution in [3.05, 3.63) is 0 Å². The van der Waals surface area contributed by atoms with Crippen LogP contribution in [0.1, 0.15) is 41.5 Å².